The number of thiazole rings is 2. The van der Waals surface area contributed by atoms with Gasteiger partial charge in [-0.2, -0.15) is 26.3 Å². The van der Waals surface area contributed by atoms with Gasteiger partial charge < -0.3 is 15.2 Å². The molecule has 10 nitrogen and oxygen atoms in total. The van der Waals surface area contributed by atoms with E-state index in [1.165, 1.54) is 35.9 Å². The van der Waals surface area contributed by atoms with Gasteiger partial charge in [-0.3, -0.25) is 15.3 Å². The zero-order chi connectivity index (χ0) is 43.8. The van der Waals surface area contributed by atoms with E-state index in [2.05, 4.69) is 30.0 Å². The lowest BCUT2D eigenvalue weighted by Gasteiger charge is -2.27. The van der Waals surface area contributed by atoms with E-state index in [4.69, 9.17) is 22.1 Å². The number of nitrogens with two attached hydrogens (primary N) is 1. The molecule has 0 aliphatic heterocycles. The molecule has 0 unspecified atom stereocenters. The molecular weight excluding hydrogens is 958 g/mol. The van der Waals surface area contributed by atoms with Gasteiger partial charge in [0, 0.05) is 24.0 Å². The zero-order valence-corrected chi connectivity index (χ0v) is 36.7. The molecule has 0 saturated carbocycles. The summed E-state index contributed by atoms with van der Waals surface area (Å²) in [7, 11) is 0. The standard InChI is InChI=1S/C20H18F3N3O2S.C13H14F3N3S.C7H5ClO2.3CH4.BrH/c1-12-16(13-9-10-24-15(11-13)19(2,3)20(21,22)23)29-17(25-12)26-18(27)28-14-7-5-4-6-8-14;1-7-10(20-11(17)19-7)8-4-5-18-9(6-8)12(2,3)13(14,15)16;8-7(9)10-6-4-2-1-3-5-6;;;;/h4-11H,1-3H3,(H,25,26,27);4-6H,1-3H3,(H2,17,19);1-5H;3*1H4;1H. The number of carbonyl (C=O) groups is 2. The highest BCUT2D eigenvalue weighted by Gasteiger charge is 2.50. The van der Waals surface area contributed by atoms with Crippen LogP contribution in [-0.2, 0) is 10.8 Å². The number of hydrogen-bond donors (Lipinski definition) is 2. The predicted octanol–water partition coefficient (Wildman–Crippen LogP) is 14.8. The van der Waals surface area contributed by atoms with Gasteiger partial charge in [0.2, 0.25) is 0 Å². The van der Waals surface area contributed by atoms with Crippen molar-refractivity contribution in [3.63, 3.8) is 0 Å². The van der Waals surface area contributed by atoms with Crippen LogP contribution in [0.25, 0.3) is 20.9 Å². The normalized spacial score (nSPS) is 10.9. The second kappa shape index (κ2) is 24.1. The van der Waals surface area contributed by atoms with Gasteiger partial charge in [-0.1, -0.05) is 81.4 Å². The summed E-state index contributed by atoms with van der Waals surface area (Å²) in [5.41, 5.74) is 3.08. The molecule has 6 rings (SSSR count). The number of carbonyl (C=O) groups excluding carboxylic acids is 2. The Morgan fingerprint density at radius 3 is 1.43 bits per heavy atom. The summed E-state index contributed by atoms with van der Waals surface area (Å²) < 4.78 is 88.9. The molecule has 0 saturated heterocycles. The monoisotopic (exact) mass is 1010 g/mol. The minimum atomic E-state index is -4.44. The average molecular weight is 1010 g/mol. The molecule has 0 radical (unpaired) electrons. The van der Waals surface area contributed by atoms with Crippen molar-refractivity contribution >= 4 is 73.0 Å². The smallest absolute Gasteiger partial charge is 0.415 e. The van der Waals surface area contributed by atoms with Gasteiger partial charge >= 0.3 is 23.9 Å². The highest BCUT2D eigenvalue weighted by atomic mass is 79.9. The molecule has 20 heteroatoms. The van der Waals surface area contributed by atoms with Crippen LogP contribution in [0.2, 0.25) is 0 Å². The first-order chi connectivity index (χ1) is 27.5. The van der Waals surface area contributed by atoms with Gasteiger partial charge in [-0.05, 0) is 101 Å². The zero-order valence-electron chi connectivity index (χ0n) is 32.6. The van der Waals surface area contributed by atoms with Crippen LogP contribution < -0.4 is 20.5 Å². The van der Waals surface area contributed by atoms with Crippen molar-refractivity contribution in [3.8, 4) is 32.4 Å². The topological polar surface area (TPSA) is 142 Å². The molecule has 2 aromatic carbocycles. The first-order valence-electron chi connectivity index (χ1n) is 17.2. The molecule has 344 valence electrons. The molecule has 4 heterocycles. The number of rotatable bonds is 7. The van der Waals surface area contributed by atoms with Crippen molar-refractivity contribution in [2.24, 2.45) is 0 Å². The summed E-state index contributed by atoms with van der Waals surface area (Å²) in [4.78, 5) is 39.7. The number of aryl methyl sites for hydroxylation is 2. The van der Waals surface area contributed by atoms with E-state index >= 15 is 0 Å². The van der Waals surface area contributed by atoms with Crippen LogP contribution in [0.3, 0.4) is 0 Å². The molecule has 6 aromatic rings. The number of halogens is 8. The number of aromatic nitrogens is 4. The first-order valence-corrected chi connectivity index (χ1v) is 19.2. The van der Waals surface area contributed by atoms with Crippen molar-refractivity contribution < 1.29 is 45.4 Å². The summed E-state index contributed by atoms with van der Waals surface area (Å²) in [6, 6.07) is 23.3. The van der Waals surface area contributed by atoms with Gasteiger partial charge in [0.05, 0.1) is 32.5 Å². The van der Waals surface area contributed by atoms with Gasteiger partial charge in [0.25, 0.3) is 0 Å². The Bertz CT molecular complexity index is 2360. The molecule has 0 aliphatic carbocycles. The number of nitrogens with one attached hydrogen (secondary N) is 1. The van der Waals surface area contributed by atoms with Crippen LogP contribution >= 0.6 is 51.3 Å². The fraction of sp³-hybridized carbons (Fsp3) is 0.302. The highest BCUT2D eigenvalue weighted by Crippen LogP contribution is 2.43. The Morgan fingerprint density at radius 1 is 0.651 bits per heavy atom. The number of hydrogen-bond acceptors (Lipinski definition) is 11. The number of anilines is 2. The van der Waals surface area contributed by atoms with Crippen molar-refractivity contribution in [1.29, 1.82) is 0 Å². The SMILES string of the molecule is Br.C.C.C.Cc1nc(N)sc1-c1ccnc(C(C)(C)C(F)(F)F)c1.Cc1nc(NC(=O)Oc2ccccc2)sc1-c1ccnc(C(C)(C)C(F)(F)F)c1.O=C(Cl)Oc1ccccc1. The molecule has 0 aliphatic rings. The maximum Gasteiger partial charge on any atom is 0.418 e. The number of pyridine rings is 2. The van der Waals surface area contributed by atoms with Gasteiger partial charge in [-0.25, -0.2) is 19.6 Å². The van der Waals surface area contributed by atoms with Gasteiger partial charge in [-0.15, -0.1) is 17.0 Å². The number of nitrogens with zero attached hydrogens (tertiary/aromatic N) is 4. The fourth-order valence-electron chi connectivity index (χ4n) is 4.81. The highest BCUT2D eigenvalue weighted by molar-refractivity contribution is 8.93. The van der Waals surface area contributed by atoms with E-state index in [9.17, 15) is 35.9 Å². The molecular formula is C43H50BrClF6N6O4S2. The Kier molecular flexibility index (Phi) is 22.1. The minimum Gasteiger partial charge on any atom is -0.415 e. The lowest BCUT2D eigenvalue weighted by atomic mass is 9.87. The summed E-state index contributed by atoms with van der Waals surface area (Å²) in [6.07, 6.45) is -6.78. The second-order valence-corrected chi connectivity index (χ2v) is 15.8. The van der Waals surface area contributed by atoms with Crippen molar-refractivity contribution in [2.45, 2.75) is 87.0 Å². The Morgan fingerprint density at radius 2 is 1.05 bits per heavy atom. The molecule has 0 fully saturated rings. The van der Waals surface area contributed by atoms with E-state index in [-0.39, 0.29) is 55.8 Å². The number of amides is 1. The summed E-state index contributed by atoms with van der Waals surface area (Å²) in [5.74, 6) is 0.842. The van der Waals surface area contributed by atoms with Crippen LogP contribution in [0, 0.1) is 13.8 Å². The van der Waals surface area contributed by atoms with E-state index < -0.39 is 34.7 Å². The van der Waals surface area contributed by atoms with E-state index in [1.807, 2.05) is 6.07 Å². The Balaban J connectivity index is 0.000000985. The number of benzene rings is 2. The minimum absolute atomic E-state index is 0. The summed E-state index contributed by atoms with van der Waals surface area (Å²) in [6.45, 7) is 7.90. The van der Waals surface area contributed by atoms with Crippen LogP contribution in [-0.4, -0.2) is 43.8 Å². The van der Waals surface area contributed by atoms with E-state index in [0.717, 1.165) is 43.9 Å². The average Bonchev–Trinajstić information content (AvgIpc) is 3.70. The quantitative estimate of drug-likeness (QED) is 0.118. The number of nitrogen functional groups attached to an aromatic ring is 1. The van der Waals surface area contributed by atoms with E-state index in [0.29, 0.717) is 44.0 Å². The van der Waals surface area contributed by atoms with Gasteiger partial charge in [0.15, 0.2) is 10.3 Å². The largest absolute Gasteiger partial charge is 0.418 e. The number of alkyl halides is 6. The fourth-order valence-corrected chi connectivity index (χ4v) is 6.68. The molecule has 0 atom stereocenters. The third-order valence-electron chi connectivity index (χ3n) is 8.46. The van der Waals surface area contributed by atoms with E-state index in [1.54, 1.807) is 80.6 Å². The van der Waals surface area contributed by atoms with Crippen molar-refractivity contribution in [2.75, 3.05) is 11.1 Å². The summed E-state index contributed by atoms with van der Waals surface area (Å²) >= 11 is 7.35. The maximum atomic E-state index is 13.3. The van der Waals surface area contributed by atoms with Crippen LogP contribution in [0.1, 0.15) is 72.8 Å². The van der Waals surface area contributed by atoms with Gasteiger partial charge in [0.1, 0.15) is 22.3 Å². The third kappa shape index (κ3) is 15.6. The predicted molar refractivity (Wildman–Crippen MR) is 248 cm³/mol. The third-order valence-corrected chi connectivity index (χ3v) is 10.7. The Hall–Kier alpha value is -5.11. The lowest BCUT2D eigenvalue weighted by Crippen LogP contribution is -2.37. The second-order valence-electron chi connectivity index (χ2n) is 13.5. The summed E-state index contributed by atoms with van der Waals surface area (Å²) in [5, 5.41) is 3.22. The molecule has 4 aromatic heterocycles. The van der Waals surface area contributed by atoms with Crippen LogP contribution in [0.5, 0.6) is 11.5 Å². The number of ether oxygens (including phenoxy) is 2. The number of para-hydroxylation sites is 2. The molecule has 3 N–H and O–H groups in total. The maximum absolute atomic E-state index is 13.3. The lowest BCUT2D eigenvalue weighted by molar-refractivity contribution is -0.181. The van der Waals surface area contributed by atoms with Crippen LogP contribution in [0.15, 0.2) is 97.3 Å². The molecule has 0 bridgehead atoms. The first kappa shape index (κ1) is 57.9. The molecule has 0 spiro atoms. The molecule has 63 heavy (non-hydrogen) atoms. The Labute approximate surface area is 387 Å². The molecule has 1 amide bonds. The van der Waals surface area contributed by atoms with Crippen molar-refractivity contribution in [1.82, 2.24) is 19.9 Å². The van der Waals surface area contributed by atoms with Crippen molar-refractivity contribution in [3.05, 3.63) is 120 Å². The van der Waals surface area contributed by atoms with Crippen LogP contribution in [0.4, 0.5) is 46.2 Å².